The van der Waals surface area contributed by atoms with Crippen molar-refractivity contribution in [2.24, 2.45) is 51.6 Å². The number of hydrogen-bond acceptors (Lipinski definition) is 21. The van der Waals surface area contributed by atoms with Crippen molar-refractivity contribution in [3.8, 4) is 0 Å². The van der Waals surface area contributed by atoms with Gasteiger partial charge >= 0.3 is 5.97 Å². The van der Waals surface area contributed by atoms with Crippen molar-refractivity contribution in [1.82, 2.24) is 73.7 Å². The average molecular weight is 1600 g/mol. The number of guanidine groups is 1. The lowest BCUT2D eigenvalue weighted by Gasteiger charge is -2.32. The molecule has 17 atom stereocenters. The van der Waals surface area contributed by atoms with Crippen molar-refractivity contribution in [1.29, 1.82) is 0 Å². The monoisotopic (exact) mass is 1600 g/mol. The van der Waals surface area contributed by atoms with Crippen LogP contribution in [0, 0.1) is 23.7 Å². The second kappa shape index (κ2) is 48.4. The Morgan fingerprint density at radius 3 is 1.59 bits per heavy atom. The van der Waals surface area contributed by atoms with Crippen molar-refractivity contribution in [2.45, 2.75) is 231 Å². The SMILES string of the molecule is CC[C@H](C)[C@H](NC(=O)[C@@H](NC(=O)[C@H](CC(C)C)NC(=O)[C@@H](NC(=O)[C@@H]1CCCN1C(=O)[C@H](CCCN=C(N)N)NC(=O)[C@H](Cc1c[nH]c2ccccc12)NC(=O)[C@H](CC(N)=O)NC(=O)[C@H](CCSC)NC(=O)CNC(=O)CNC(=O)[C@@H](N)CCSC)[C@@H](C)CC)[C@@H](C)O)C(=O)N[C@H](C(=O)N[C@H](C(=O)O)[C@@H](C)O)[C@@H](C)CC. The Morgan fingerprint density at radius 2 is 1.05 bits per heavy atom. The molecule has 1 aromatic carbocycles. The molecule has 0 saturated carbocycles. The number of nitrogens with one attached hydrogen (secondary N) is 13. The highest BCUT2D eigenvalue weighted by atomic mass is 32.2. The summed E-state index contributed by atoms with van der Waals surface area (Å²) in [5, 5.41) is 62.1. The summed E-state index contributed by atoms with van der Waals surface area (Å²) in [7, 11) is 0. The molecule has 39 heteroatoms. The molecule has 0 aliphatic carbocycles. The van der Waals surface area contributed by atoms with Crippen LogP contribution in [0.25, 0.3) is 10.9 Å². The minimum atomic E-state index is -1.77. The number of H-pyrrole nitrogens is 1. The first kappa shape index (κ1) is 95.9. The number of aliphatic hydroxyl groups is 2. The van der Waals surface area contributed by atoms with Gasteiger partial charge in [-0.05, 0) is 118 Å². The first-order valence-electron chi connectivity index (χ1n) is 37.4. The molecule has 111 heavy (non-hydrogen) atoms. The van der Waals surface area contributed by atoms with Crippen molar-refractivity contribution < 1.29 is 87.2 Å². The summed E-state index contributed by atoms with van der Waals surface area (Å²) in [6.45, 7) is 14.9. The third-order valence-corrected chi connectivity index (χ3v) is 20.4. The van der Waals surface area contributed by atoms with E-state index < -0.39 is 211 Å². The van der Waals surface area contributed by atoms with E-state index in [4.69, 9.17) is 22.9 Å². The lowest BCUT2D eigenvalue weighted by atomic mass is 9.94. The Labute approximate surface area is 655 Å². The number of aliphatic imine (C=N–C) groups is 1. The van der Waals surface area contributed by atoms with Crippen LogP contribution in [0.5, 0.6) is 0 Å². The van der Waals surface area contributed by atoms with E-state index in [0.29, 0.717) is 53.7 Å². The van der Waals surface area contributed by atoms with Gasteiger partial charge in [0.2, 0.25) is 82.7 Å². The molecule has 37 nitrogen and oxygen atoms in total. The Kier molecular flexibility index (Phi) is 41.8. The summed E-state index contributed by atoms with van der Waals surface area (Å²) in [4.78, 5) is 216. The Hall–Kier alpha value is -9.34. The Bertz CT molecular complexity index is 3520. The van der Waals surface area contributed by atoms with Gasteiger partial charge in [-0.2, -0.15) is 23.5 Å². The number of aliphatic carboxylic acids is 1. The van der Waals surface area contributed by atoms with E-state index >= 15 is 9.59 Å². The molecule has 1 aliphatic heterocycles. The number of aliphatic hydroxyl groups excluding tert-OH is 2. The Morgan fingerprint density at radius 1 is 0.559 bits per heavy atom. The quantitative estimate of drug-likeness (QED) is 0.0174. The zero-order valence-corrected chi connectivity index (χ0v) is 67.1. The lowest BCUT2D eigenvalue weighted by molar-refractivity contribution is -0.145. The van der Waals surface area contributed by atoms with E-state index in [0.717, 1.165) is 0 Å². The molecular formula is C72H119N19O18S2. The van der Waals surface area contributed by atoms with Crippen LogP contribution in [0.1, 0.15) is 145 Å². The maximum atomic E-state index is 15.2. The number of aromatic nitrogens is 1. The minimum absolute atomic E-state index is 0.00803. The van der Waals surface area contributed by atoms with Crippen molar-refractivity contribution in [2.75, 3.05) is 50.2 Å². The van der Waals surface area contributed by atoms with E-state index in [2.05, 4.69) is 73.8 Å². The molecule has 2 heterocycles. The van der Waals surface area contributed by atoms with Gasteiger partial charge < -0.3 is 112 Å². The maximum Gasteiger partial charge on any atom is 0.328 e. The zero-order chi connectivity index (χ0) is 83.5. The van der Waals surface area contributed by atoms with Gasteiger partial charge in [0.05, 0.1) is 37.8 Å². The van der Waals surface area contributed by atoms with Gasteiger partial charge in [-0.25, -0.2) is 4.79 Å². The van der Waals surface area contributed by atoms with E-state index in [1.54, 1.807) is 92.1 Å². The van der Waals surface area contributed by atoms with Crippen LogP contribution in [0.2, 0.25) is 0 Å². The number of benzene rings is 1. The summed E-state index contributed by atoms with van der Waals surface area (Å²) in [6, 6.07) is -10.2. The lowest BCUT2D eigenvalue weighted by Crippen LogP contribution is -2.63. The van der Waals surface area contributed by atoms with Gasteiger partial charge in [0.1, 0.15) is 60.4 Å². The fourth-order valence-electron chi connectivity index (χ4n) is 12.0. The predicted octanol–water partition coefficient (Wildman–Crippen LogP) is -3.43. The van der Waals surface area contributed by atoms with Crippen molar-refractivity contribution >= 4 is 129 Å². The minimum Gasteiger partial charge on any atom is -0.480 e. The number of hydrogen-bond donors (Lipinski definition) is 20. The molecule has 24 N–H and O–H groups in total. The molecule has 2 aromatic rings. The van der Waals surface area contributed by atoms with Crippen LogP contribution in [-0.4, -0.2) is 255 Å². The normalized spacial score (nSPS) is 17.0. The average Bonchev–Trinajstić information content (AvgIpc) is 1.76. The van der Waals surface area contributed by atoms with Gasteiger partial charge in [-0.15, -0.1) is 0 Å². The van der Waals surface area contributed by atoms with Crippen LogP contribution < -0.4 is 86.7 Å². The largest absolute Gasteiger partial charge is 0.480 e. The number of para-hydroxylation sites is 1. The highest BCUT2D eigenvalue weighted by molar-refractivity contribution is 7.98. The van der Waals surface area contributed by atoms with Crippen LogP contribution >= 0.6 is 23.5 Å². The number of nitrogens with two attached hydrogens (primary N) is 4. The zero-order valence-electron chi connectivity index (χ0n) is 65.5. The number of carboxylic acid groups (broad SMARTS) is 1. The molecule has 622 valence electrons. The third-order valence-electron chi connectivity index (χ3n) is 19.1. The van der Waals surface area contributed by atoms with Gasteiger partial charge in [-0.1, -0.05) is 92.9 Å². The molecule has 0 spiro atoms. The first-order chi connectivity index (χ1) is 52.3. The van der Waals surface area contributed by atoms with Crippen LogP contribution in [0.4, 0.5) is 0 Å². The summed E-state index contributed by atoms with van der Waals surface area (Å²) < 4.78 is 0. The molecule has 0 radical (unpaired) electrons. The molecule has 0 bridgehead atoms. The smallest absolute Gasteiger partial charge is 0.328 e. The number of carbonyl (C=O) groups excluding carboxylic acids is 14. The molecule has 0 unspecified atom stereocenters. The summed E-state index contributed by atoms with van der Waals surface area (Å²) in [5.74, 6) is -15.3. The number of likely N-dealkylation sites (tertiary alicyclic amines) is 1. The Balaban J connectivity index is 1.97. The number of carbonyl (C=O) groups is 15. The van der Waals surface area contributed by atoms with E-state index in [-0.39, 0.29) is 69.9 Å². The number of amides is 14. The summed E-state index contributed by atoms with van der Waals surface area (Å²) >= 11 is 2.81. The molecular weight excluding hydrogens is 1480 g/mol. The first-order valence-corrected chi connectivity index (χ1v) is 40.2. The van der Waals surface area contributed by atoms with Crippen LogP contribution in [0.15, 0.2) is 35.5 Å². The van der Waals surface area contributed by atoms with Crippen LogP contribution in [-0.2, 0) is 78.3 Å². The summed E-state index contributed by atoms with van der Waals surface area (Å²) in [5.41, 5.74) is 24.0. The fraction of sp³-hybridized carbons (Fsp3) is 0.667. The number of carboxylic acids is 1. The maximum absolute atomic E-state index is 15.2. The number of fused-ring (bicyclic) bond motifs is 1. The molecule has 1 aromatic heterocycles. The van der Waals surface area contributed by atoms with E-state index in [1.165, 1.54) is 42.3 Å². The molecule has 1 fully saturated rings. The predicted molar refractivity (Wildman–Crippen MR) is 419 cm³/mol. The summed E-state index contributed by atoms with van der Waals surface area (Å²) in [6.07, 6.45) is 2.52. The number of primary amides is 1. The highest BCUT2D eigenvalue weighted by Crippen LogP contribution is 2.24. The number of aromatic amines is 1. The topological polar surface area (TPSA) is 597 Å². The molecule has 14 amide bonds. The van der Waals surface area contributed by atoms with Crippen LogP contribution in [0.3, 0.4) is 0 Å². The molecule has 1 saturated heterocycles. The van der Waals surface area contributed by atoms with Crippen molar-refractivity contribution in [3.63, 3.8) is 0 Å². The van der Waals surface area contributed by atoms with Gasteiger partial charge in [0.15, 0.2) is 12.0 Å². The molecule has 1 aliphatic rings. The van der Waals surface area contributed by atoms with Gasteiger partial charge in [0, 0.05) is 36.6 Å². The fourth-order valence-corrected chi connectivity index (χ4v) is 12.9. The van der Waals surface area contributed by atoms with Crippen molar-refractivity contribution in [3.05, 3.63) is 36.0 Å². The number of nitrogens with zero attached hydrogens (tertiary/aromatic N) is 2. The van der Waals surface area contributed by atoms with Gasteiger partial charge in [-0.3, -0.25) is 72.1 Å². The highest BCUT2D eigenvalue weighted by Gasteiger charge is 2.43. The second-order valence-electron chi connectivity index (χ2n) is 28.4. The second-order valence-corrected chi connectivity index (χ2v) is 30.4. The third kappa shape index (κ3) is 31.8. The van der Waals surface area contributed by atoms with Gasteiger partial charge in [0.25, 0.3) is 0 Å². The molecule has 3 rings (SSSR count). The standard InChI is InChI=1S/C72H119N19O18S2/c1-13-37(6)55(66(103)85-48(30-36(4)5)64(101)89-58(40(9)92)69(106)88-56(38(7)14-2)67(104)87-57(39(8)15-3)68(105)90-59(41(10)93)71(108)109)86-65(102)51-23-19-27-91(51)70(107)47(22-18-26-77-72(75)76)82-62(99)49(31-42-33-78-45-21-17-16-20-43(42)45)83-63(100)50(32-52(74)94)84-61(98)46(25-29-111-12)81-54(96)35-79-53(95)34-80-60(97)44(73)24-28-110-11/h16-17,20-21,33,36-41,44,46-51,55-59,78,92-93H,13-15,18-19,22-32,34-35,73H2,1-12H3,(H2,74,94)(H,79,95)(H,80,97)(H,81,96)(H,82,99)(H,83,100)(H,84,98)(H,85,103)(H,86,102)(H,87,104)(H,88,106)(H,89,101)(H,90,105)(H,108,109)(H4,75,76,77)/t37-,38-,39-,40+,41+,44-,46-,47-,48-,49-,50-,51-,55-,56-,57-,58-,59-/m0/s1. The number of thioether (sulfide) groups is 2. The number of rotatable bonds is 50. The van der Waals surface area contributed by atoms with E-state index in [9.17, 15) is 77.6 Å². The van der Waals surface area contributed by atoms with E-state index in [1.807, 2.05) is 6.26 Å².